The van der Waals surface area contributed by atoms with Crippen molar-refractivity contribution in [1.82, 2.24) is 0 Å². The van der Waals surface area contributed by atoms with Gasteiger partial charge in [-0.3, -0.25) is 14.5 Å². The Hall–Kier alpha value is -4.59. The van der Waals surface area contributed by atoms with Crippen molar-refractivity contribution in [1.29, 1.82) is 0 Å². The Kier molecular flexibility index (Phi) is 8.00. The lowest BCUT2D eigenvalue weighted by Crippen LogP contribution is -2.29. The van der Waals surface area contributed by atoms with Gasteiger partial charge in [0.25, 0.3) is 11.7 Å². The Morgan fingerprint density at radius 2 is 1.68 bits per heavy atom. The third-order valence-electron chi connectivity index (χ3n) is 6.76. The Morgan fingerprint density at radius 1 is 0.950 bits per heavy atom. The van der Waals surface area contributed by atoms with Crippen molar-refractivity contribution in [2.45, 2.75) is 39.2 Å². The van der Waals surface area contributed by atoms with Crippen molar-refractivity contribution in [2.24, 2.45) is 0 Å². The SMILES string of the molecule is CCOc1ccc(/C(O)=C2/C(=O)C(=O)N(c3cccc(C(=O)OC)c3)C2c2cccc(OC)c2)cc1C(C)(C)C. The fraction of sp³-hybridized carbons (Fsp3) is 0.281. The third kappa shape index (κ3) is 5.30. The topological polar surface area (TPSA) is 102 Å². The van der Waals surface area contributed by atoms with E-state index >= 15 is 0 Å². The van der Waals surface area contributed by atoms with Gasteiger partial charge in [-0.05, 0) is 66.4 Å². The minimum absolute atomic E-state index is 0.0780. The number of nitrogens with zero attached hydrogens (tertiary/aromatic N) is 1. The van der Waals surface area contributed by atoms with Gasteiger partial charge in [0.15, 0.2) is 0 Å². The van der Waals surface area contributed by atoms with E-state index in [1.807, 2.05) is 27.7 Å². The second-order valence-electron chi connectivity index (χ2n) is 10.4. The van der Waals surface area contributed by atoms with Gasteiger partial charge < -0.3 is 19.3 Å². The molecule has 1 atom stereocenters. The maximum absolute atomic E-state index is 13.6. The van der Waals surface area contributed by atoms with Crippen LogP contribution in [0.1, 0.15) is 60.8 Å². The van der Waals surface area contributed by atoms with E-state index in [9.17, 15) is 19.5 Å². The summed E-state index contributed by atoms with van der Waals surface area (Å²) < 4.78 is 16.1. The maximum Gasteiger partial charge on any atom is 0.337 e. The zero-order chi connectivity index (χ0) is 29.2. The van der Waals surface area contributed by atoms with Crippen molar-refractivity contribution < 1.29 is 33.7 Å². The molecule has 1 amide bonds. The van der Waals surface area contributed by atoms with Gasteiger partial charge in [-0.25, -0.2) is 4.79 Å². The summed E-state index contributed by atoms with van der Waals surface area (Å²) in [6, 6.07) is 17.4. The maximum atomic E-state index is 13.6. The molecule has 0 aromatic heterocycles. The molecule has 1 fully saturated rings. The molecule has 0 radical (unpaired) electrons. The number of amides is 1. The number of rotatable bonds is 7. The highest BCUT2D eigenvalue weighted by Crippen LogP contribution is 2.44. The number of aliphatic hydroxyl groups is 1. The number of Topliss-reactive ketones (excluding diaryl/α,β-unsaturated/α-hetero) is 1. The summed E-state index contributed by atoms with van der Waals surface area (Å²) in [6.07, 6.45) is 0. The van der Waals surface area contributed by atoms with E-state index in [1.54, 1.807) is 60.7 Å². The molecule has 0 aliphatic carbocycles. The van der Waals surface area contributed by atoms with Gasteiger partial charge in [-0.15, -0.1) is 0 Å². The molecule has 1 N–H and O–H groups in total. The van der Waals surface area contributed by atoms with Crippen molar-refractivity contribution >= 4 is 29.1 Å². The van der Waals surface area contributed by atoms with Crippen LogP contribution in [0.5, 0.6) is 11.5 Å². The number of anilines is 1. The van der Waals surface area contributed by atoms with Gasteiger partial charge >= 0.3 is 5.97 Å². The highest BCUT2D eigenvalue weighted by Gasteiger charge is 2.47. The van der Waals surface area contributed by atoms with Crippen LogP contribution in [-0.4, -0.2) is 43.6 Å². The molecule has 1 saturated heterocycles. The Morgan fingerprint density at radius 3 is 2.33 bits per heavy atom. The van der Waals surface area contributed by atoms with E-state index in [4.69, 9.17) is 14.2 Å². The summed E-state index contributed by atoms with van der Waals surface area (Å²) in [5.41, 5.74) is 1.88. The number of ether oxygens (including phenoxy) is 3. The molecule has 1 heterocycles. The molecule has 8 heteroatoms. The van der Waals surface area contributed by atoms with Crippen LogP contribution in [-0.2, 0) is 19.7 Å². The molecule has 8 nitrogen and oxygen atoms in total. The van der Waals surface area contributed by atoms with Crippen LogP contribution in [0.4, 0.5) is 5.69 Å². The highest BCUT2D eigenvalue weighted by molar-refractivity contribution is 6.51. The zero-order valence-corrected chi connectivity index (χ0v) is 23.5. The molecular formula is C32H33NO7. The lowest BCUT2D eigenvalue weighted by atomic mass is 9.84. The van der Waals surface area contributed by atoms with Gasteiger partial charge in [0.2, 0.25) is 0 Å². The lowest BCUT2D eigenvalue weighted by molar-refractivity contribution is -0.132. The number of aliphatic hydroxyl groups excluding tert-OH is 1. The van der Waals surface area contributed by atoms with Crippen LogP contribution in [0.15, 0.2) is 72.3 Å². The van der Waals surface area contributed by atoms with Gasteiger partial charge in [0.1, 0.15) is 17.3 Å². The largest absolute Gasteiger partial charge is 0.507 e. The number of carbonyl (C=O) groups is 3. The van der Waals surface area contributed by atoms with E-state index in [-0.39, 0.29) is 22.3 Å². The second kappa shape index (κ2) is 11.3. The average molecular weight is 544 g/mol. The summed E-state index contributed by atoms with van der Waals surface area (Å²) in [4.78, 5) is 40.7. The lowest BCUT2D eigenvalue weighted by Gasteiger charge is -2.26. The Bertz CT molecular complexity index is 1500. The molecule has 0 saturated carbocycles. The molecule has 40 heavy (non-hydrogen) atoms. The van der Waals surface area contributed by atoms with Crippen LogP contribution in [0.2, 0.25) is 0 Å². The molecule has 0 spiro atoms. The summed E-state index contributed by atoms with van der Waals surface area (Å²) in [7, 11) is 2.78. The minimum Gasteiger partial charge on any atom is -0.507 e. The number of hydrogen-bond donors (Lipinski definition) is 1. The van der Waals surface area contributed by atoms with E-state index < -0.39 is 23.7 Å². The number of methoxy groups -OCH3 is 2. The van der Waals surface area contributed by atoms with E-state index in [1.165, 1.54) is 25.2 Å². The van der Waals surface area contributed by atoms with Crippen molar-refractivity contribution in [2.75, 3.05) is 25.7 Å². The van der Waals surface area contributed by atoms with Crippen LogP contribution in [0.25, 0.3) is 5.76 Å². The van der Waals surface area contributed by atoms with Crippen LogP contribution in [0, 0.1) is 0 Å². The molecule has 0 bridgehead atoms. The van der Waals surface area contributed by atoms with Crippen LogP contribution < -0.4 is 14.4 Å². The van der Waals surface area contributed by atoms with Crippen molar-refractivity contribution in [3.63, 3.8) is 0 Å². The first-order chi connectivity index (χ1) is 19.0. The summed E-state index contributed by atoms with van der Waals surface area (Å²) >= 11 is 0. The predicted molar refractivity (Wildman–Crippen MR) is 152 cm³/mol. The molecule has 208 valence electrons. The monoisotopic (exact) mass is 543 g/mol. The van der Waals surface area contributed by atoms with Crippen molar-refractivity contribution in [3.05, 3.63) is 94.6 Å². The van der Waals surface area contributed by atoms with Gasteiger partial charge in [0, 0.05) is 16.8 Å². The van der Waals surface area contributed by atoms with Gasteiger partial charge in [-0.2, -0.15) is 0 Å². The Labute approximate surface area is 233 Å². The van der Waals surface area contributed by atoms with E-state index in [0.717, 1.165) is 5.56 Å². The molecule has 3 aromatic carbocycles. The first-order valence-electron chi connectivity index (χ1n) is 12.9. The smallest absolute Gasteiger partial charge is 0.337 e. The molecule has 4 rings (SSSR count). The number of benzene rings is 3. The summed E-state index contributed by atoms with van der Waals surface area (Å²) in [6.45, 7) is 8.44. The quantitative estimate of drug-likeness (QED) is 0.174. The fourth-order valence-electron chi connectivity index (χ4n) is 4.83. The fourth-order valence-corrected chi connectivity index (χ4v) is 4.83. The number of ketones is 1. The Balaban J connectivity index is 1.97. The zero-order valence-electron chi connectivity index (χ0n) is 23.5. The average Bonchev–Trinajstić information content (AvgIpc) is 3.22. The normalized spacial score (nSPS) is 16.6. The van der Waals surface area contributed by atoms with E-state index in [2.05, 4.69) is 0 Å². The predicted octanol–water partition coefficient (Wildman–Crippen LogP) is 5.80. The van der Waals surface area contributed by atoms with Crippen LogP contribution in [0.3, 0.4) is 0 Å². The number of carbonyl (C=O) groups excluding carboxylic acids is 3. The third-order valence-corrected chi connectivity index (χ3v) is 6.76. The molecule has 1 aliphatic heterocycles. The molecule has 3 aromatic rings. The molecule has 1 unspecified atom stereocenters. The summed E-state index contributed by atoms with van der Waals surface area (Å²) in [5, 5.41) is 11.7. The first kappa shape index (κ1) is 28.4. The molecular weight excluding hydrogens is 510 g/mol. The summed E-state index contributed by atoms with van der Waals surface area (Å²) in [5.74, 6) is -1.39. The minimum atomic E-state index is -0.993. The molecule has 1 aliphatic rings. The van der Waals surface area contributed by atoms with Gasteiger partial charge in [0.05, 0.1) is 38.0 Å². The van der Waals surface area contributed by atoms with Crippen molar-refractivity contribution in [3.8, 4) is 11.5 Å². The van der Waals surface area contributed by atoms with E-state index in [0.29, 0.717) is 34.9 Å². The first-order valence-corrected chi connectivity index (χ1v) is 12.9. The standard InChI is InChI=1S/C32H33NO7/c1-7-40-25-15-14-20(18-24(25)32(2,3)4)28(34)26-27(19-10-9-13-23(17-19)38-5)33(30(36)29(26)35)22-12-8-11-21(16-22)31(37)39-6/h8-18,27,34H,7H2,1-6H3/b28-26-. The van der Waals surface area contributed by atoms with Crippen LogP contribution >= 0.6 is 0 Å². The second-order valence-corrected chi connectivity index (χ2v) is 10.4. The highest BCUT2D eigenvalue weighted by atomic mass is 16.5. The number of esters is 1. The number of hydrogen-bond acceptors (Lipinski definition) is 7. The van der Waals surface area contributed by atoms with Gasteiger partial charge in [-0.1, -0.05) is 39.0 Å².